The molecule has 0 aromatic heterocycles. The van der Waals surface area contributed by atoms with Gasteiger partial charge >= 0.3 is 76.3 Å². The maximum absolute atomic E-state index is 10.9. The van der Waals surface area contributed by atoms with Crippen LogP contribution in [0.5, 0.6) is 0 Å². The molecule has 0 N–H and O–H groups in total. The molecule has 0 aliphatic carbocycles. The Morgan fingerprint density at radius 2 is 2.42 bits per heavy atom. The van der Waals surface area contributed by atoms with Crippen molar-refractivity contribution in [1.29, 1.82) is 0 Å². The van der Waals surface area contributed by atoms with Gasteiger partial charge in [-0.3, -0.25) is 0 Å². The molecule has 0 aliphatic heterocycles. The van der Waals surface area contributed by atoms with Crippen molar-refractivity contribution in [3.8, 4) is 5.63 Å². The predicted molar refractivity (Wildman–Crippen MR) is 46.9 cm³/mol. The molecule has 0 saturated heterocycles. The van der Waals surface area contributed by atoms with E-state index in [1.54, 1.807) is 0 Å². The fourth-order valence-corrected chi connectivity index (χ4v) is 0.890. The molecule has 0 saturated carbocycles. The van der Waals surface area contributed by atoms with E-state index in [2.05, 4.69) is 12.2 Å². The number of carbonyl (C=O) groups excluding carboxylic acids is 1. The minimum absolute atomic E-state index is 0.0360. The summed E-state index contributed by atoms with van der Waals surface area (Å²) in [4.78, 5) is 10.9. The van der Waals surface area contributed by atoms with Crippen LogP contribution in [0.3, 0.4) is 0 Å². The number of ether oxygens (including phenoxy) is 1. The Hall–Kier alpha value is -0.490. The van der Waals surface area contributed by atoms with Crippen LogP contribution in [0.4, 0.5) is 0 Å². The Bertz CT molecular complexity index is 280. The molecule has 3 nitrogen and oxygen atoms in total. The van der Waals surface area contributed by atoms with E-state index >= 15 is 0 Å². The van der Waals surface area contributed by atoms with E-state index in [4.69, 9.17) is 16.3 Å². The second-order valence-electron chi connectivity index (χ2n) is 2.05. The zero-order chi connectivity index (χ0) is 9.56. The molecule has 1 atom stereocenters. The Morgan fingerprint density at radius 3 is 2.75 bits per heavy atom. The number of rotatable bonds is 3. The quantitative estimate of drug-likeness (QED) is 0.307. The Kier molecular flexibility index (Phi) is 5.83. The Labute approximate surface area is 76.9 Å². The van der Waals surface area contributed by atoms with Crippen LogP contribution in [0, 0.1) is 5.63 Å². The average Bonchev–Trinajstić information content (AvgIpc) is 2.03. The summed E-state index contributed by atoms with van der Waals surface area (Å²) in [6.07, 6.45) is -0.741. The van der Waals surface area contributed by atoms with Crippen molar-refractivity contribution in [2.24, 2.45) is 0 Å². The van der Waals surface area contributed by atoms with Gasteiger partial charge in [-0.25, -0.2) is 0 Å². The molecule has 0 amide bonds. The van der Waals surface area contributed by atoms with Crippen LogP contribution >= 0.6 is 19.5 Å². The fraction of sp³-hybridized carbons (Fsp3) is 0.429. The van der Waals surface area contributed by atoms with Crippen LogP contribution in [-0.4, -0.2) is 18.0 Å². The van der Waals surface area contributed by atoms with Crippen LogP contribution in [0.2, 0.25) is 0 Å². The second-order valence-corrected chi connectivity index (χ2v) is 2.80. The van der Waals surface area contributed by atoms with E-state index in [0.717, 1.165) is 0 Å². The first-order valence-electron chi connectivity index (χ1n) is 3.12. The molecular weight excluding hydrogens is 199 g/mol. The third-order valence-corrected chi connectivity index (χ3v) is 1.61. The fourth-order valence-electron chi connectivity index (χ4n) is 0.381. The van der Waals surface area contributed by atoms with Crippen molar-refractivity contribution in [1.82, 2.24) is 0 Å². The summed E-state index contributed by atoms with van der Waals surface area (Å²) in [6, 6.07) is 0. The van der Waals surface area contributed by atoms with Crippen molar-refractivity contribution in [2.45, 2.75) is 13.0 Å². The van der Waals surface area contributed by atoms with E-state index in [1.807, 2.05) is 0 Å². The SMILES string of the molecule is C=C(C)C(=O)OC(C#P=O)CCl. The molecule has 0 aliphatic rings. The van der Waals surface area contributed by atoms with Gasteiger partial charge in [-0.05, 0) is 0 Å². The number of esters is 1. The van der Waals surface area contributed by atoms with Crippen molar-refractivity contribution in [3.05, 3.63) is 12.2 Å². The van der Waals surface area contributed by atoms with Gasteiger partial charge in [0.15, 0.2) is 0 Å². The van der Waals surface area contributed by atoms with Crippen molar-refractivity contribution < 1.29 is 14.1 Å². The van der Waals surface area contributed by atoms with Gasteiger partial charge in [0.25, 0.3) is 0 Å². The molecule has 0 bridgehead atoms. The first-order chi connectivity index (χ1) is 5.61. The molecule has 0 heterocycles. The summed E-state index contributed by atoms with van der Waals surface area (Å²) in [7, 11) is -0.328. The molecule has 0 fully saturated rings. The molecule has 0 rings (SSSR count). The van der Waals surface area contributed by atoms with Crippen molar-refractivity contribution >= 4 is 25.5 Å². The summed E-state index contributed by atoms with van der Waals surface area (Å²) < 4.78 is 14.8. The molecule has 0 radical (unpaired) electrons. The summed E-state index contributed by atoms with van der Waals surface area (Å²) >= 11 is 5.38. The predicted octanol–water partition coefficient (Wildman–Crippen LogP) is 1.96. The molecule has 0 aromatic carbocycles. The minimum atomic E-state index is -0.741. The van der Waals surface area contributed by atoms with Crippen LogP contribution in [0.25, 0.3) is 0 Å². The number of carbonyl (C=O) groups is 1. The summed E-state index contributed by atoms with van der Waals surface area (Å²) in [5.74, 6) is -0.523. The van der Waals surface area contributed by atoms with Crippen molar-refractivity contribution in [3.63, 3.8) is 0 Å². The Balaban J connectivity index is 4.18. The van der Waals surface area contributed by atoms with Crippen molar-refractivity contribution in [2.75, 3.05) is 5.88 Å². The summed E-state index contributed by atoms with van der Waals surface area (Å²) in [5.41, 5.74) is 2.59. The van der Waals surface area contributed by atoms with Gasteiger partial charge in [0.2, 0.25) is 0 Å². The van der Waals surface area contributed by atoms with Gasteiger partial charge in [-0.1, -0.05) is 0 Å². The zero-order valence-corrected chi connectivity index (χ0v) is 8.19. The van der Waals surface area contributed by atoms with Gasteiger partial charge < -0.3 is 0 Å². The molecular formula is C7H8ClO3P. The number of hydrogen-bond acceptors (Lipinski definition) is 3. The van der Waals surface area contributed by atoms with Gasteiger partial charge in [0, 0.05) is 0 Å². The van der Waals surface area contributed by atoms with E-state index in [9.17, 15) is 9.36 Å². The normalized spacial score (nSPS) is 11.2. The number of halogens is 1. The van der Waals surface area contributed by atoms with Gasteiger partial charge in [-0.15, -0.1) is 0 Å². The maximum atomic E-state index is 10.9. The van der Waals surface area contributed by atoms with E-state index in [1.165, 1.54) is 6.92 Å². The molecule has 5 heteroatoms. The van der Waals surface area contributed by atoms with E-state index in [-0.39, 0.29) is 19.4 Å². The van der Waals surface area contributed by atoms with E-state index in [0.29, 0.717) is 0 Å². The zero-order valence-electron chi connectivity index (χ0n) is 6.54. The van der Waals surface area contributed by atoms with E-state index < -0.39 is 12.1 Å². The monoisotopic (exact) mass is 206 g/mol. The molecule has 0 aromatic rings. The van der Waals surface area contributed by atoms with Crippen LogP contribution in [0.15, 0.2) is 12.2 Å². The second kappa shape index (κ2) is 6.07. The van der Waals surface area contributed by atoms with Crippen LogP contribution in [-0.2, 0) is 14.1 Å². The van der Waals surface area contributed by atoms with Gasteiger partial charge in [0.05, 0.1) is 0 Å². The first kappa shape index (κ1) is 11.5. The molecule has 1 unspecified atom stereocenters. The molecule has 66 valence electrons. The summed E-state index contributed by atoms with van der Waals surface area (Å²) in [6.45, 7) is 4.89. The molecule has 12 heavy (non-hydrogen) atoms. The number of hydrogen-bond donors (Lipinski definition) is 0. The van der Waals surface area contributed by atoms with Crippen LogP contribution in [0.1, 0.15) is 6.92 Å². The third-order valence-electron chi connectivity index (χ3n) is 0.935. The first-order valence-corrected chi connectivity index (χ1v) is 4.46. The van der Waals surface area contributed by atoms with Gasteiger partial charge in [-0.2, -0.15) is 0 Å². The average molecular weight is 207 g/mol. The third kappa shape index (κ3) is 4.40. The topological polar surface area (TPSA) is 43.4 Å². The summed E-state index contributed by atoms with van der Waals surface area (Å²) in [5, 5.41) is 0. The number of alkyl halides is 1. The van der Waals surface area contributed by atoms with Crippen LogP contribution < -0.4 is 0 Å². The Morgan fingerprint density at radius 1 is 1.83 bits per heavy atom. The molecule has 0 spiro atoms. The standard InChI is InChI=1S/C7H8ClO3P/c1-5(2)7(9)11-6(3-8)4-12-10/h6H,1,3H2,2H3. The van der Waals surface area contributed by atoms with Gasteiger partial charge in [0.1, 0.15) is 0 Å².